The van der Waals surface area contributed by atoms with Crippen LogP contribution in [0, 0.1) is 6.92 Å². The van der Waals surface area contributed by atoms with Gasteiger partial charge in [-0.25, -0.2) is 20.0 Å². The number of halogens is 1. The van der Waals surface area contributed by atoms with E-state index in [1.54, 1.807) is 18.2 Å². The molecule has 4 rings (SSSR count). The van der Waals surface area contributed by atoms with Crippen LogP contribution in [-0.2, 0) is 26.2 Å². The number of nitrogens with zero attached hydrogens (tertiary/aromatic N) is 1. The number of esters is 1. The van der Waals surface area contributed by atoms with Crippen molar-refractivity contribution in [2.45, 2.75) is 18.9 Å². The third kappa shape index (κ3) is 4.75. The summed E-state index contributed by atoms with van der Waals surface area (Å²) in [7, 11) is 1.28. The number of hydrogen-bond donors (Lipinski definition) is 2. The summed E-state index contributed by atoms with van der Waals surface area (Å²) in [4.78, 5) is 29.6. The van der Waals surface area contributed by atoms with Gasteiger partial charge in [0.25, 0.3) is 0 Å². The van der Waals surface area contributed by atoms with Crippen molar-refractivity contribution in [1.82, 2.24) is 5.43 Å². The number of ether oxygens (including phenoxy) is 2. The molecule has 0 spiro atoms. The normalized spacial score (nSPS) is 17.2. The van der Waals surface area contributed by atoms with E-state index in [4.69, 9.17) is 9.73 Å². The van der Waals surface area contributed by atoms with Gasteiger partial charge in [0.2, 0.25) is 5.90 Å². The maximum Gasteiger partial charge on any atom is 0.425 e. The van der Waals surface area contributed by atoms with Crippen molar-refractivity contribution in [1.29, 1.82) is 0 Å². The molecule has 2 N–H and O–H groups in total. The largest absolute Gasteiger partial charge is 0.452 e. The number of cyclic esters (lactones) is 1. The summed E-state index contributed by atoms with van der Waals surface area (Å²) in [5.74, 6) is -0.159. The lowest BCUT2D eigenvalue weighted by atomic mass is 9.84. The Hall–Kier alpha value is -3.65. The predicted octanol–water partition coefficient (Wildman–Crippen LogP) is 4.88. The van der Waals surface area contributed by atoms with E-state index in [0.29, 0.717) is 22.1 Å². The molecule has 0 aromatic heterocycles. The summed E-state index contributed by atoms with van der Waals surface area (Å²) in [6, 6.07) is 22.7. The van der Waals surface area contributed by atoms with Gasteiger partial charge < -0.3 is 9.47 Å². The monoisotopic (exact) mass is 507 g/mol. The Bertz CT molecular complexity index is 1210. The molecule has 33 heavy (non-hydrogen) atoms. The van der Waals surface area contributed by atoms with Crippen LogP contribution in [0.15, 0.2) is 82.3 Å². The van der Waals surface area contributed by atoms with Crippen LogP contribution in [0.2, 0.25) is 0 Å². The Kier molecular flexibility index (Phi) is 6.46. The minimum Gasteiger partial charge on any atom is -0.452 e. The van der Waals surface area contributed by atoms with Gasteiger partial charge in [0.1, 0.15) is 0 Å². The fraction of sp³-hybridized carbons (Fsp3) is 0.160. The Morgan fingerprint density at radius 3 is 2.48 bits per heavy atom. The number of anilines is 1. The summed E-state index contributed by atoms with van der Waals surface area (Å²) in [6.07, 6.45) is -0.296. The molecular formula is C25H22BrN3O4. The lowest BCUT2D eigenvalue weighted by Gasteiger charge is -2.24. The number of amides is 1. The maximum atomic E-state index is 13.4. The first-order valence-corrected chi connectivity index (χ1v) is 11.0. The second kappa shape index (κ2) is 9.46. The molecule has 0 unspecified atom stereocenters. The zero-order chi connectivity index (χ0) is 23.4. The molecule has 0 saturated carbocycles. The number of aryl methyl sites for hydroxylation is 1. The van der Waals surface area contributed by atoms with Crippen LogP contribution >= 0.6 is 15.9 Å². The Labute approximate surface area is 199 Å². The van der Waals surface area contributed by atoms with Crippen molar-refractivity contribution in [2.24, 2.45) is 4.99 Å². The first-order chi connectivity index (χ1) is 15.9. The summed E-state index contributed by atoms with van der Waals surface area (Å²) in [6.45, 7) is 1.99. The molecule has 3 aromatic carbocycles. The zero-order valence-corrected chi connectivity index (χ0v) is 19.7. The van der Waals surface area contributed by atoms with Gasteiger partial charge in [-0.05, 0) is 36.8 Å². The van der Waals surface area contributed by atoms with Crippen LogP contribution < -0.4 is 10.9 Å². The van der Waals surface area contributed by atoms with Crippen molar-refractivity contribution < 1.29 is 19.1 Å². The first-order valence-electron chi connectivity index (χ1n) is 10.2. The zero-order valence-electron chi connectivity index (χ0n) is 18.1. The molecule has 3 aromatic rings. The van der Waals surface area contributed by atoms with Crippen LogP contribution in [0.25, 0.3) is 0 Å². The number of carbonyl (C=O) groups is 2. The molecule has 1 heterocycles. The van der Waals surface area contributed by atoms with Crippen LogP contribution in [0.3, 0.4) is 0 Å². The van der Waals surface area contributed by atoms with Gasteiger partial charge >= 0.3 is 12.1 Å². The van der Waals surface area contributed by atoms with Crippen LogP contribution in [0.4, 0.5) is 10.5 Å². The molecule has 0 saturated heterocycles. The topological polar surface area (TPSA) is 89.0 Å². The molecule has 8 heteroatoms. The molecule has 0 fully saturated rings. The number of rotatable bonds is 6. The smallest absolute Gasteiger partial charge is 0.425 e. The Morgan fingerprint density at radius 1 is 1.09 bits per heavy atom. The number of aliphatic imine (C=N–C) groups is 1. The summed E-state index contributed by atoms with van der Waals surface area (Å²) in [5, 5.41) is 0. The predicted molar refractivity (Wildman–Crippen MR) is 129 cm³/mol. The van der Waals surface area contributed by atoms with E-state index in [2.05, 4.69) is 31.5 Å². The van der Waals surface area contributed by atoms with Gasteiger partial charge in [-0.15, -0.1) is 0 Å². The molecule has 0 bridgehead atoms. The third-order valence-corrected chi connectivity index (χ3v) is 5.99. The number of methoxy groups -OCH3 is 1. The van der Waals surface area contributed by atoms with Crippen LogP contribution in [-0.4, -0.2) is 25.1 Å². The molecule has 168 valence electrons. The standard InChI is InChI=1S/C25H22BrN3O4/c1-16-8-10-18(11-9-16)22-27-25(23(30)33-22,15-17-6-4-3-5-7-17)20-13-12-19(14-21(20)26)28-29-24(31)32-2/h3-14,28H,15H2,1-2H3,(H,29,31)/t25-/m1/s1. The number of hydrogen-bond acceptors (Lipinski definition) is 6. The first kappa shape index (κ1) is 22.5. The van der Waals surface area contributed by atoms with Crippen LogP contribution in [0.1, 0.15) is 22.3 Å². The molecule has 7 nitrogen and oxygen atoms in total. The average molecular weight is 508 g/mol. The number of carbonyl (C=O) groups excluding carboxylic acids is 2. The minimum atomic E-state index is -1.27. The summed E-state index contributed by atoms with van der Waals surface area (Å²) >= 11 is 3.58. The minimum absolute atomic E-state index is 0.289. The van der Waals surface area contributed by atoms with E-state index >= 15 is 0 Å². The molecule has 0 aliphatic carbocycles. The lowest BCUT2D eigenvalue weighted by molar-refractivity contribution is -0.139. The fourth-order valence-corrected chi connectivity index (χ4v) is 4.31. The van der Waals surface area contributed by atoms with E-state index in [1.807, 2.05) is 61.5 Å². The number of benzene rings is 3. The Morgan fingerprint density at radius 2 is 1.82 bits per heavy atom. The molecule has 0 radical (unpaired) electrons. The molecule has 1 amide bonds. The van der Waals surface area contributed by atoms with E-state index in [9.17, 15) is 9.59 Å². The van der Waals surface area contributed by atoms with E-state index in [1.165, 1.54) is 7.11 Å². The van der Waals surface area contributed by atoms with Gasteiger partial charge in [0.05, 0.1) is 12.8 Å². The molecule has 1 atom stereocenters. The van der Waals surface area contributed by atoms with Gasteiger partial charge in [0, 0.05) is 22.0 Å². The van der Waals surface area contributed by atoms with Gasteiger partial charge in [0.15, 0.2) is 5.54 Å². The summed E-state index contributed by atoms with van der Waals surface area (Å²) < 4.78 is 10.9. The quantitative estimate of drug-likeness (QED) is 0.366. The van der Waals surface area contributed by atoms with E-state index in [-0.39, 0.29) is 5.90 Å². The highest BCUT2D eigenvalue weighted by atomic mass is 79.9. The second-order valence-corrected chi connectivity index (χ2v) is 8.49. The van der Waals surface area contributed by atoms with Gasteiger partial charge in [-0.3, -0.25) is 5.43 Å². The fourth-order valence-electron chi connectivity index (χ4n) is 3.60. The van der Waals surface area contributed by atoms with Crippen molar-refractivity contribution in [3.05, 3.63) is 99.5 Å². The highest BCUT2D eigenvalue weighted by Gasteiger charge is 2.49. The lowest BCUT2D eigenvalue weighted by Crippen LogP contribution is -2.34. The van der Waals surface area contributed by atoms with E-state index in [0.717, 1.165) is 16.7 Å². The van der Waals surface area contributed by atoms with E-state index < -0.39 is 17.6 Å². The highest BCUT2D eigenvalue weighted by Crippen LogP contribution is 2.41. The summed E-state index contributed by atoms with van der Waals surface area (Å²) in [5.41, 5.74) is 7.94. The third-order valence-electron chi connectivity index (χ3n) is 5.33. The van der Waals surface area contributed by atoms with Gasteiger partial charge in [-0.2, -0.15) is 0 Å². The van der Waals surface area contributed by atoms with Crippen molar-refractivity contribution in [3.8, 4) is 0 Å². The second-order valence-electron chi connectivity index (χ2n) is 7.63. The molecular weight excluding hydrogens is 486 g/mol. The van der Waals surface area contributed by atoms with Crippen molar-refractivity contribution in [2.75, 3.05) is 12.5 Å². The number of nitrogens with one attached hydrogen (secondary N) is 2. The molecule has 1 aliphatic rings. The molecule has 1 aliphatic heterocycles. The average Bonchev–Trinajstić information content (AvgIpc) is 3.15. The highest BCUT2D eigenvalue weighted by molar-refractivity contribution is 9.10. The van der Waals surface area contributed by atoms with Crippen molar-refractivity contribution >= 4 is 39.6 Å². The number of hydrazine groups is 1. The Balaban J connectivity index is 1.76. The maximum absolute atomic E-state index is 13.4. The van der Waals surface area contributed by atoms with Crippen molar-refractivity contribution in [3.63, 3.8) is 0 Å². The van der Waals surface area contributed by atoms with Gasteiger partial charge in [-0.1, -0.05) is 70.0 Å². The SMILES string of the molecule is COC(=O)NNc1ccc([C@@]2(Cc3ccccc3)N=C(c3ccc(C)cc3)OC2=O)c(Br)c1. The van der Waals surface area contributed by atoms with Crippen LogP contribution in [0.5, 0.6) is 0 Å².